The van der Waals surface area contributed by atoms with E-state index in [4.69, 9.17) is 21.4 Å². The van der Waals surface area contributed by atoms with E-state index in [0.29, 0.717) is 0 Å². The van der Waals surface area contributed by atoms with Gasteiger partial charge in [-0.25, -0.2) is 0 Å². The quantitative estimate of drug-likeness (QED) is 0.878. The zero-order chi connectivity index (χ0) is 14.6. The van der Waals surface area contributed by atoms with Gasteiger partial charge in [-0.1, -0.05) is 17.7 Å². The highest BCUT2D eigenvalue weighted by atomic mass is 35.5. The molecule has 3 nitrogen and oxygen atoms in total. The zero-order valence-electron chi connectivity index (χ0n) is 10.5. The van der Waals surface area contributed by atoms with Crippen LogP contribution in [0.1, 0.15) is 18.5 Å². The van der Waals surface area contributed by atoms with E-state index in [1.165, 1.54) is 6.07 Å². The van der Waals surface area contributed by atoms with Gasteiger partial charge in [-0.15, -0.1) is 0 Å². The van der Waals surface area contributed by atoms with Crippen LogP contribution in [0.25, 0.3) is 0 Å². The third kappa shape index (κ3) is 4.56. The number of nitrogens with one attached hydrogen (secondary N) is 1. The molecule has 2 atom stereocenters. The van der Waals surface area contributed by atoms with Crippen molar-refractivity contribution in [1.82, 2.24) is 5.32 Å². The van der Waals surface area contributed by atoms with Crippen molar-refractivity contribution in [1.29, 1.82) is 0 Å². The molecule has 0 aliphatic heterocycles. The van der Waals surface area contributed by atoms with Crippen LogP contribution >= 0.6 is 11.6 Å². The van der Waals surface area contributed by atoms with Gasteiger partial charge in [0.2, 0.25) is 0 Å². The summed E-state index contributed by atoms with van der Waals surface area (Å²) in [6.07, 6.45) is -7.23. The van der Waals surface area contributed by atoms with E-state index in [2.05, 4.69) is 5.32 Å². The third-order valence-electron chi connectivity index (χ3n) is 2.66. The smallest absolute Gasteiger partial charge is 0.417 e. The summed E-state index contributed by atoms with van der Waals surface area (Å²) in [5, 5.41) is 12.0. The van der Waals surface area contributed by atoms with E-state index in [9.17, 15) is 13.2 Å². The number of halogens is 4. The fourth-order valence-corrected chi connectivity index (χ4v) is 1.58. The van der Waals surface area contributed by atoms with Crippen LogP contribution in [0.3, 0.4) is 0 Å². The second-order valence-corrected chi connectivity index (χ2v) is 4.48. The van der Waals surface area contributed by atoms with Crippen molar-refractivity contribution in [3.8, 4) is 5.75 Å². The van der Waals surface area contributed by atoms with Crippen molar-refractivity contribution in [3.05, 3.63) is 28.8 Å². The Morgan fingerprint density at radius 2 is 2.05 bits per heavy atom. The summed E-state index contributed by atoms with van der Waals surface area (Å²) < 4.78 is 41.2. The van der Waals surface area contributed by atoms with Crippen LogP contribution in [0.4, 0.5) is 13.2 Å². The zero-order valence-corrected chi connectivity index (χ0v) is 11.2. The molecule has 0 saturated carbocycles. The van der Waals surface area contributed by atoms with E-state index in [-0.39, 0.29) is 16.8 Å². The third-order valence-corrected chi connectivity index (χ3v) is 2.96. The summed E-state index contributed by atoms with van der Waals surface area (Å²) in [4.78, 5) is 0. The molecule has 0 heterocycles. The Morgan fingerprint density at radius 3 is 2.53 bits per heavy atom. The first-order chi connectivity index (χ1) is 8.75. The second kappa shape index (κ2) is 6.45. The number of aliphatic hydroxyl groups is 1. The lowest BCUT2D eigenvalue weighted by Crippen LogP contribution is -2.34. The second-order valence-electron chi connectivity index (χ2n) is 4.07. The fraction of sp³-hybridized carbons (Fsp3) is 0.500. The Labute approximate surface area is 114 Å². The summed E-state index contributed by atoms with van der Waals surface area (Å²) in [5.74, 6) is 0.108. The molecule has 108 valence electrons. The molecule has 1 rings (SSSR count). The van der Waals surface area contributed by atoms with Crippen molar-refractivity contribution < 1.29 is 23.0 Å². The lowest BCUT2D eigenvalue weighted by molar-refractivity contribution is -0.210. The van der Waals surface area contributed by atoms with Crippen LogP contribution in [-0.4, -0.2) is 31.0 Å². The Balaban J connectivity index is 2.71. The Kier molecular flexibility index (Phi) is 5.46. The predicted molar refractivity (Wildman–Crippen MR) is 66.5 cm³/mol. The van der Waals surface area contributed by atoms with Gasteiger partial charge in [-0.2, -0.15) is 13.2 Å². The molecule has 7 heteroatoms. The topological polar surface area (TPSA) is 41.5 Å². The summed E-state index contributed by atoms with van der Waals surface area (Å²) in [7, 11) is 1.78. The van der Waals surface area contributed by atoms with E-state index in [1.807, 2.05) is 6.92 Å². The first-order valence-corrected chi connectivity index (χ1v) is 5.97. The summed E-state index contributed by atoms with van der Waals surface area (Å²) in [5.41, 5.74) is 0.885. The number of alkyl halides is 3. The number of hydrogen-bond acceptors (Lipinski definition) is 3. The first-order valence-electron chi connectivity index (χ1n) is 5.60. The van der Waals surface area contributed by atoms with Gasteiger partial charge in [0.25, 0.3) is 0 Å². The molecule has 0 fully saturated rings. The van der Waals surface area contributed by atoms with E-state index >= 15 is 0 Å². The molecule has 2 unspecified atom stereocenters. The van der Waals surface area contributed by atoms with E-state index in [1.54, 1.807) is 19.2 Å². The minimum atomic E-state index is -4.70. The molecule has 0 radical (unpaired) electrons. The van der Waals surface area contributed by atoms with E-state index in [0.717, 1.165) is 5.56 Å². The van der Waals surface area contributed by atoms with Gasteiger partial charge in [0.15, 0.2) is 6.10 Å². The molecule has 0 aliphatic rings. The van der Waals surface area contributed by atoms with Crippen molar-refractivity contribution in [2.24, 2.45) is 0 Å². The Bertz CT molecular complexity index is 426. The number of aliphatic hydroxyl groups excluding tert-OH is 1. The molecule has 19 heavy (non-hydrogen) atoms. The monoisotopic (exact) mass is 297 g/mol. The number of ether oxygens (including phenoxy) is 1. The molecule has 1 aromatic carbocycles. The Hall–Kier alpha value is -0.980. The first kappa shape index (κ1) is 16.1. The molecule has 0 spiro atoms. The normalized spacial score (nSPS) is 15.1. The van der Waals surface area contributed by atoms with Gasteiger partial charge in [-0.05, 0) is 31.7 Å². The highest BCUT2D eigenvalue weighted by Gasteiger charge is 2.38. The van der Waals surface area contributed by atoms with Crippen molar-refractivity contribution in [2.75, 3.05) is 13.7 Å². The maximum absolute atomic E-state index is 12.1. The van der Waals surface area contributed by atoms with Gasteiger partial charge in [0.05, 0.1) is 5.02 Å². The highest BCUT2D eigenvalue weighted by Crippen LogP contribution is 2.29. The van der Waals surface area contributed by atoms with Gasteiger partial charge in [0.1, 0.15) is 12.4 Å². The molecule has 0 aliphatic carbocycles. The molecule has 0 amide bonds. The number of benzene rings is 1. The summed E-state index contributed by atoms with van der Waals surface area (Å²) in [6, 6.07) is 4.85. The molecule has 1 aromatic rings. The average Bonchev–Trinajstić information content (AvgIpc) is 2.34. The highest BCUT2D eigenvalue weighted by molar-refractivity contribution is 6.32. The van der Waals surface area contributed by atoms with Gasteiger partial charge in [0, 0.05) is 6.04 Å². The molecular weight excluding hydrogens is 283 g/mol. The minimum Gasteiger partial charge on any atom is -0.489 e. The molecule has 0 aromatic heterocycles. The number of rotatable bonds is 5. The predicted octanol–water partition coefficient (Wildman–Crippen LogP) is 2.92. The van der Waals surface area contributed by atoms with Gasteiger partial charge in [-0.3, -0.25) is 0 Å². The van der Waals surface area contributed by atoms with Crippen LogP contribution in [0.15, 0.2) is 18.2 Å². The van der Waals surface area contributed by atoms with Crippen molar-refractivity contribution in [3.63, 3.8) is 0 Å². The maximum Gasteiger partial charge on any atom is 0.417 e. The fourth-order valence-electron chi connectivity index (χ4n) is 1.33. The average molecular weight is 298 g/mol. The van der Waals surface area contributed by atoms with Gasteiger partial charge >= 0.3 is 6.18 Å². The van der Waals surface area contributed by atoms with Crippen LogP contribution in [-0.2, 0) is 0 Å². The van der Waals surface area contributed by atoms with Crippen LogP contribution in [0, 0.1) is 0 Å². The van der Waals surface area contributed by atoms with Crippen LogP contribution in [0.5, 0.6) is 5.75 Å². The lowest BCUT2D eigenvalue weighted by Gasteiger charge is -2.17. The van der Waals surface area contributed by atoms with Crippen LogP contribution in [0.2, 0.25) is 5.02 Å². The standard InChI is InChI=1S/C12H15ClF3NO2/c1-7(17-2)8-3-4-10(9(13)5-8)19-6-11(18)12(14,15)16/h3-5,7,11,17-18H,6H2,1-2H3. The summed E-state index contributed by atoms with van der Waals surface area (Å²) in [6.45, 7) is 1.03. The molecule has 2 N–H and O–H groups in total. The maximum atomic E-state index is 12.1. The summed E-state index contributed by atoms with van der Waals surface area (Å²) >= 11 is 5.91. The van der Waals surface area contributed by atoms with Crippen molar-refractivity contribution in [2.45, 2.75) is 25.2 Å². The van der Waals surface area contributed by atoms with Gasteiger partial charge < -0.3 is 15.2 Å². The SMILES string of the molecule is CNC(C)c1ccc(OCC(O)C(F)(F)F)c(Cl)c1. The van der Waals surface area contributed by atoms with Crippen molar-refractivity contribution >= 4 is 11.6 Å². The van der Waals surface area contributed by atoms with E-state index < -0.39 is 18.9 Å². The van der Waals surface area contributed by atoms with Crippen LogP contribution < -0.4 is 10.1 Å². The molecule has 0 saturated heterocycles. The number of hydrogen-bond donors (Lipinski definition) is 2. The molecular formula is C12H15ClF3NO2. The molecule has 0 bridgehead atoms. The minimum absolute atomic E-state index is 0.0623. The Morgan fingerprint density at radius 1 is 1.42 bits per heavy atom. The lowest BCUT2D eigenvalue weighted by atomic mass is 10.1. The largest absolute Gasteiger partial charge is 0.489 e.